The molecule has 0 bridgehead atoms. The smallest absolute Gasteiger partial charge is 0.196 e. The molecule has 2 aromatic carbocycles. The summed E-state index contributed by atoms with van der Waals surface area (Å²) in [5.74, 6) is 1.78. The number of nitrogens with one attached hydrogen (secondary N) is 1. The lowest BCUT2D eigenvalue weighted by atomic mass is 9.87. The molecule has 176 valence electrons. The Morgan fingerprint density at radius 1 is 0.882 bits per heavy atom. The van der Waals surface area contributed by atoms with Gasteiger partial charge < -0.3 is 10.2 Å². The van der Waals surface area contributed by atoms with Crippen molar-refractivity contribution in [2.45, 2.75) is 44.9 Å². The number of nitrogens with zero attached hydrogens (tertiary/aromatic N) is 2. The number of anilines is 1. The Balaban J connectivity index is 1.24. The van der Waals surface area contributed by atoms with Crippen LogP contribution in [-0.4, -0.2) is 31.2 Å². The summed E-state index contributed by atoms with van der Waals surface area (Å²) < 4.78 is 2.01. The summed E-state index contributed by atoms with van der Waals surface area (Å²) >= 11 is 1.67. The highest BCUT2D eigenvalue weighted by Crippen LogP contribution is 2.36. The zero-order valence-electron chi connectivity index (χ0n) is 19.8. The molecule has 1 N–H and O–H groups in total. The fourth-order valence-electron chi connectivity index (χ4n) is 6.10. The molecule has 34 heavy (non-hydrogen) atoms. The summed E-state index contributed by atoms with van der Waals surface area (Å²) in [5, 5.41) is 6.18. The van der Waals surface area contributed by atoms with Crippen LogP contribution in [0.5, 0.6) is 0 Å². The van der Waals surface area contributed by atoms with Crippen molar-refractivity contribution < 1.29 is 0 Å². The van der Waals surface area contributed by atoms with Crippen molar-refractivity contribution >= 4 is 48.1 Å². The van der Waals surface area contributed by atoms with E-state index in [-0.39, 0.29) is 5.43 Å². The van der Waals surface area contributed by atoms with Crippen LogP contribution in [0.15, 0.2) is 53.5 Å². The maximum atomic E-state index is 13.6. The van der Waals surface area contributed by atoms with Crippen LogP contribution in [0.25, 0.3) is 31.1 Å². The number of benzene rings is 2. The molecule has 2 aliphatic rings. The summed E-state index contributed by atoms with van der Waals surface area (Å²) in [4.78, 5) is 20.9. The molecule has 2 saturated heterocycles. The van der Waals surface area contributed by atoms with Crippen LogP contribution in [-0.2, 0) is 0 Å². The molecule has 2 aromatic heterocycles. The highest BCUT2D eigenvalue weighted by atomic mass is 32.1. The van der Waals surface area contributed by atoms with E-state index < -0.39 is 0 Å². The van der Waals surface area contributed by atoms with Crippen molar-refractivity contribution in [3.63, 3.8) is 0 Å². The topological polar surface area (TPSA) is 45.2 Å². The number of pyridine rings is 1. The van der Waals surface area contributed by atoms with Gasteiger partial charge in [0, 0.05) is 40.4 Å². The number of hydrogen-bond acceptors (Lipinski definition) is 5. The van der Waals surface area contributed by atoms with Crippen molar-refractivity contribution in [3.8, 4) is 0 Å². The van der Waals surface area contributed by atoms with E-state index in [9.17, 15) is 4.79 Å². The van der Waals surface area contributed by atoms with Crippen LogP contribution in [0.4, 0.5) is 5.69 Å². The first-order chi connectivity index (χ1) is 16.8. The average Bonchev–Trinajstić information content (AvgIpc) is 2.89. The molecule has 0 atom stereocenters. The number of fused-ring (bicyclic) bond motifs is 4. The van der Waals surface area contributed by atoms with E-state index in [1.807, 2.05) is 36.5 Å². The quantitative estimate of drug-likeness (QED) is 0.272. The van der Waals surface area contributed by atoms with Gasteiger partial charge in [0.15, 0.2) is 5.43 Å². The first kappa shape index (κ1) is 22.0. The van der Waals surface area contributed by atoms with E-state index in [0.717, 1.165) is 56.0 Å². The second-order valence-electron chi connectivity index (χ2n) is 10.2. The molecule has 0 spiro atoms. The second kappa shape index (κ2) is 9.63. The van der Waals surface area contributed by atoms with Gasteiger partial charge in [-0.3, -0.25) is 9.78 Å². The van der Waals surface area contributed by atoms with E-state index in [1.165, 1.54) is 63.7 Å². The second-order valence-corrected chi connectivity index (χ2v) is 11.2. The van der Waals surface area contributed by atoms with Gasteiger partial charge in [-0.25, -0.2) is 0 Å². The Morgan fingerprint density at radius 3 is 2.47 bits per heavy atom. The predicted octanol–water partition coefficient (Wildman–Crippen LogP) is 6.35. The summed E-state index contributed by atoms with van der Waals surface area (Å²) in [5.41, 5.74) is 2.24. The number of aromatic nitrogens is 1. The van der Waals surface area contributed by atoms with Gasteiger partial charge in [-0.2, -0.15) is 0 Å². The fraction of sp³-hybridized carbons (Fsp3) is 0.448. The van der Waals surface area contributed by atoms with Gasteiger partial charge >= 0.3 is 0 Å². The van der Waals surface area contributed by atoms with E-state index >= 15 is 0 Å². The van der Waals surface area contributed by atoms with Gasteiger partial charge in [0.05, 0.1) is 15.6 Å². The normalized spacial score (nSPS) is 18.3. The summed E-state index contributed by atoms with van der Waals surface area (Å²) in [6.45, 7) is 4.55. The number of hydrogen-bond donors (Lipinski definition) is 1. The predicted molar refractivity (Wildman–Crippen MR) is 145 cm³/mol. The zero-order valence-corrected chi connectivity index (χ0v) is 20.6. The minimum atomic E-state index is 0.136. The minimum Gasteiger partial charge on any atom is -0.371 e. The first-order valence-electron chi connectivity index (χ1n) is 13.0. The molecular formula is C29H33N3OS. The van der Waals surface area contributed by atoms with Crippen LogP contribution in [0, 0.1) is 11.8 Å². The van der Waals surface area contributed by atoms with Crippen molar-refractivity contribution in [3.05, 3.63) is 58.9 Å². The Hall–Kier alpha value is -2.50. The Kier molecular flexibility index (Phi) is 6.23. The fourth-order valence-corrected chi connectivity index (χ4v) is 7.16. The lowest BCUT2D eigenvalue weighted by Crippen LogP contribution is -2.34. The number of piperidine rings is 2. The summed E-state index contributed by atoms with van der Waals surface area (Å²) in [6, 6.07) is 14.3. The van der Waals surface area contributed by atoms with Crippen LogP contribution in [0.1, 0.15) is 44.9 Å². The molecule has 0 aliphatic carbocycles. The van der Waals surface area contributed by atoms with Crippen LogP contribution < -0.4 is 15.6 Å². The Morgan fingerprint density at radius 2 is 1.65 bits per heavy atom. The third-order valence-electron chi connectivity index (χ3n) is 8.06. The van der Waals surface area contributed by atoms with Crippen LogP contribution in [0.3, 0.4) is 0 Å². The Labute approximate surface area is 205 Å². The molecule has 0 amide bonds. The van der Waals surface area contributed by atoms with Crippen molar-refractivity contribution in [2.24, 2.45) is 11.8 Å². The molecule has 0 unspecified atom stereocenters. The van der Waals surface area contributed by atoms with Gasteiger partial charge in [-0.15, -0.1) is 11.3 Å². The average molecular weight is 472 g/mol. The van der Waals surface area contributed by atoms with E-state index in [4.69, 9.17) is 4.98 Å². The minimum absolute atomic E-state index is 0.136. The molecule has 4 aromatic rings. The molecule has 0 radical (unpaired) electrons. The van der Waals surface area contributed by atoms with Crippen LogP contribution >= 0.6 is 11.3 Å². The van der Waals surface area contributed by atoms with Gasteiger partial charge in [0.2, 0.25) is 0 Å². The highest BCUT2D eigenvalue weighted by Gasteiger charge is 2.23. The molecular weight excluding hydrogens is 438 g/mol. The third-order valence-corrected chi connectivity index (χ3v) is 9.16. The molecule has 4 heterocycles. The highest BCUT2D eigenvalue weighted by molar-refractivity contribution is 7.24. The van der Waals surface area contributed by atoms with Gasteiger partial charge in [0.25, 0.3) is 0 Å². The van der Waals surface area contributed by atoms with Gasteiger partial charge in [-0.1, -0.05) is 37.5 Å². The summed E-state index contributed by atoms with van der Waals surface area (Å²) in [6.07, 6.45) is 11.3. The number of rotatable bonds is 5. The lowest BCUT2D eigenvalue weighted by molar-refractivity contribution is 0.313. The molecule has 5 heteroatoms. The van der Waals surface area contributed by atoms with E-state index in [2.05, 4.69) is 22.3 Å². The van der Waals surface area contributed by atoms with Gasteiger partial charge in [0.1, 0.15) is 0 Å². The first-order valence-corrected chi connectivity index (χ1v) is 13.8. The molecule has 0 saturated carbocycles. The maximum absolute atomic E-state index is 13.6. The zero-order chi connectivity index (χ0) is 22.9. The van der Waals surface area contributed by atoms with Crippen LogP contribution in [0.2, 0.25) is 0 Å². The lowest BCUT2D eigenvalue weighted by Gasteiger charge is -2.34. The molecule has 2 fully saturated rings. The molecule has 4 nitrogen and oxygen atoms in total. The van der Waals surface area contributed by atoms with E-state index in [1.54, 1.807) is 11.3 Å². The SMILES string of the molecule is O=c1c2ccccc2sc2cnc3cccc(N4CCC(CCCC5CCNCC5)CC4)c3c12. The standard InChI is InChI=1S/C29H33N3OS/c33-29-22-7-1-2-10-25(22)34-26-19-31-23-8-4-9-24(27(23)28(26)29)32-17-13-21(14-18-32)6-3-5-20-11-15-30-16-12-20/h1-2,4,7-10,19-21,30H,3,5-6,11-18H2. The van der Waals surface area contributed by atoms with E-state index in [0.29, 0.717) is 0 Å². The van der Waals surface area contributed by atoms with Crippen molar-refractivity contribution in [1.82, 2.24) is 10.3 Å². The largest absolute Gasteiger partial charge is 0.371 e. The maximum Gasteiger partial charge on any atom is 0.196 e. The Bertz CT molecular complexity index is 1370. The van der Waals surface area contributed by atoms with Crippen molar-refractivity contribution in [2.75, 3.05) is 31.1 Å². The van der Waals surface area contributed by atoms with Gasteiger partial charge in [-0.05, 0) is 74.9 Å². The monoisotopic (exact) mass is 471 g/mol. The van der Waals surface area contributed by atoms with Crippen molar-refractivity contribution in [1.29, 1.82) is 0 Å². The molecule has 2 aliphatic heterocycles. The molecule has 6 rings (SSSR count). The third kappa shape index (κ3) is 4.20. The summed E-state index contributed by atoms with van der Waals surface area (Å²) in [7, 11) is 0.